The predicted octanol–water partition coefficient (Wildman–Crippen LogP) is 2.38. The fourth-order valence-electron chi connectivity index (χ4n) is 1.89. The first-order valence-electron chi connectivity index (χ1n) is 6.63. The molecule has 2 aromatic rings. The van der Waals surface area contributed by atoms with Crippen molar-refractivity contribution in [2.75, 3.05) is 0 Å². The van der Waals surface area contributed by atoms with E-state index in [4.69, 9.17) is 0 Å². The van der Waals surface area contributed by atoms with Crippen LogP contribution in [0.25, 0.3) is 6.08 Å². The molecule has 2 rings (SSSR count). The second kappa shape index (κ2) is 7.28. The molecule has 1 amide bonds. The van der Waals surface area contributed by atoms with Gasteiger partial charge in [0.05, 0.1) is 11.9 Å². The number of hydrogen-bond acceptors (Lipinski definition) is 3. The van der Waals surface area contributed by atoms with Crippen molar-refractivity contribution >= 4 is 12.0 Å². The number of rotatable bonds is 5. The maximum absolute atomic E-state index is 13.5. The zero-order valence-corrected chi connectivity index (χ0v) is 11.7. The van der Waals surface area contributed by atoms with E-state index >= 15 is 0 Å². The van der Waals surface area contributed by atoms with Crippen LogP contribution in [0.2, 0.25) is 0 Å². The summed E-state index contributed by atoms with van der Waals surface area (Å²) in [5.41, 5.74) is 1.19. The molecule has 21 heavy (non-hydrogen) atoms. The molecule has 0 aliphatic rings. The standard InChI is InChI=1S/C16H16FN3O/c1-12(10-13-4-2-3-5-15(13)17)20-16(21)7-6-14-11-18-8-9-19-14/h2-9,11-12H,10H2,1H3,(H,20,21). The topological polar surface area (TPSA) is 54.9 Å². The number of carbonyl (C=O) groups excluding carboxylic acids is 1. The van der Waals surface area contributed by atoms with Gasteiger partial charge >= 0.3 is 0 Å². The minimum atomic E-state index is -0.256. The largest absolute Gasteiger partial charge is 0.350 e. The van der Waals surface area contributed by atoms with Crippen molar-refractivity contribution in [2.45, 2.75) is 19.4 Å². The normalized spacial score (nSPS) is 12.3. The number of benzene rings is 1. The zero-order chi connectivity index (χ0) is 15.1. The number of nitrogens with zero attached hydrogens (tertiary/aromatic N) is 2. The van der Waals surface area contributed by atoms with E-state index in [0.717, 1.165) is 0 Å². The van der Waals surface area contributed by atoms with Crippen molar-refractivity contribution in [1.29, 1.82) is 0 Å². The quantitative estimate of drug-likeness (QED) is 0.858. The second-order valence-electron chi connectivity index (χ2n) is 4.67. The number of amides is 1. The molecule has 5 heteroatoms. The van der Waals surface area contributed by atoms with Gasteiger partial charge in [0.2, 0.25) is 5.91 Å². The van der Waals surface area contributed by atoms with Crippen LogP contribution >= 0.6 is 0 Å². The van der Waals surface area contributed by atoms with E-state index in [1.807, 2.05) is 6.92 Å². The van der Waals surface area contributed by atoms with Crippen molar-refractivity contribution in [3.8, 4) is 0 Å². The number of halogens is 1. The van der Waals surface area contributed by atoms with Crippen molar-refractivity contribution < 1.29 is 9.18 Å². The van der Waals surface area contributed by atoms with Crippen LogP contribution in [0.5, 0.6) is 0 Å². The molecule has 0 aliphatic carbocycles. The molecule has 1 atom stereocenters. The lowest BCUT2D eigenvalue weighted by Gasteiger charge is -2.12. The first kappa shape index (κ1) is 14.8. The van der Waals surface area contributed by atoms with Gasteiger partial charge in [-0.2, -0.15) is 0 Å². The highest BCUT2D eigenvalue weighted by Gasteiger charge is 2.08. The molecule has 1 N–H and O–H groups in total. The minimum absolute atomic E-state index is 0.166. The van der Waals surface area contributed by atoms with E-state index in [0.29, 0.717) is 17.7 Å². The van der Waals surface area contributed by atoms with Crippen LogP contribution in [0.4, 0.5) is 4.39 Å². The summed E-state index contributed by atoms with van der Waals surface area (Å²) in [5, 5.41) is 2.79. The lowest BCUT2D eigenvalue weighted by molar-refractivity contribution is -0.117. The number of carbonyl (C=O) groups is 1. The highest BCUT2D eigenvalue weighted by molar-refractivity contribution is 5.91. The van der Waals surface area contributed by atoms with E-state index in [1.165, 1.54) is 12.1 Å². The Morgan fingerprint density at radius 2 is 2.19 bits per heavy atom. The van der Waals surface area contributed by atoms with E-state index in [2.05, 4.69) is 15.3 Å². The van der Waals surface area contributed by atoms with Crippen LogP contribution in [-0.2, 0) is 11.2 Å². The lowest BCUT2D eigenvalue weighted by atomic mass is 10.1. The monoisotopic (exact) mass is 285 g/mol. The Bertz CT molecular complexity index is 628. The molecule has 1 heterocycles. The van der Waals surface area contributed by atoms with Crippen LogP contribution in [-0.4, -0.2) is 21.9 Å². The molecule has 0 saturated carbocycles. The van der Waals surface area contributed by atoms with Crippen molar-refractivity contribution in [1.82, 2.24) is 15.3 Å². The summed E-state index contributed by atoms with van der Waals surface area (Å²) < 4.78 is 13.5. The van der Waals surface area contributed by atoms with Gasteiger partial charge in [-0.1, -0.05) is 18.2 Å². The van der Waals surface area contributed by atoms with Gasteiger partial charge < -0.3 is 5.32 Å². The minimum Gasteiger partial charge on any atom is -0.350 e. The molecule has 0 fully saturated rings. The molecule has 0 saturated heterocycles. The van der Waals surface area contributed by atoms with Crippen molar-refractivity contribution in [3.63, 3.8) is 0 Å². The average molecular weight is 285 g/mol. The summed E-state index contributed by atoms with van der Waals surface area (Å²) in [7, 11) is 0. The Hall–Kier alpha value is -2.56. The van der Waals surface area contributed by atoms with Gasteiger partial charge in [-0.15, -0.1) is 0 Å². The Balaban J connectivity index is 1.88. The van der Waals surface area contributed by atoms with Crippen LogP contribution in [0.15, 0.2) is 48.9 Å². The molecular formula is C16H16FN3O. The van der Waals surface area contributed by atoms with Gasteiger partial charge in [-0.25, -0.2) is 4.39 Å². The fourth-order valence-corrected chi connectivity index (χ4v) is 1.89. The third-order valence-corrected chi connectivity index (χ3v) is 2.86. The number of nitrogens with one attached hydrogen (secondary N) is 1. The van der Waals surface area contributed by atoms with E-state index in [-0.39, 0.29) is 17.8 Å². The first-order chi connectivity index (χ1) is 10.1. The maximum atomic E-state index is 13.5. The van der Waals surface area contributed by atoms with Gasteiger partial charge in [0.15, 0.2) is 0 Å². The van der Waals surface area contributed by atoms with Crippen LogP contribution < -0.4 is 5.32 Å². The molecule has 0 bridgehead atoms. The van der Waals surface area contributed by atoms with Gasteiger partial charge in [-0.05, 0) is 31.1 Å². The SMILES string of the molecule is CC(Cc1ccccc1F)NC(=O)C=Cc1cnccn1. The summed E-state index contributed by atoms with van der Waals surface area (Å²) in [6.07, 6.45) is 8.09. The Labute approximate surface area is 122 Å². The summed E-state index contributed by atoms with van der Waals surface area (Å²) in [5.74, 6) is -0.502. The third-order valence-electron chi connectivity index (χ3n) is 2.86. The molecule has 0 aliphatic heterocycles. The van der Waals surface area contributed by atoms with Crippen molar-refractivity contribution in [2.24, 2.45) is 0 Å². The molecule has 108 valence electrons. The second-order valence-corrected chi connectivity index (χ2v) is 4.67. The van der Waals surface area contributed by atoms with Crippen LogP contribution in [0.3, 0.4) is 0 Å². The van der Waals surface area contributed by atoms with Gasteiger partial charge in [0, 0.05) is 24.5 Å². The molecule has 1 aromatic carbocycles. The fraction of sp³-hybridized carbons (Fsp3) is 0.188. The summed E-state index contributed by atoms with van der Waals surface area (Å²) in [6, 6.07) is 6.39. The Morgan fingerprint density at radius 3 is 2.90 bits per heavy atom. The van der Waals surface area contributed by atoms with E-state index < -0.39 is 0 Å². The Morgan fingerprint density at radius 1 is 1.38 bits per heavy atom. The summed E-state index contributed by atoms with van der Waals surface area (Å²) in [4.78, 5) is 19.7. The zero-order valence-electron chi connectivity index (χ0n) is 11.7. The number of hydrogen-bond donors (Lipinski definition) is 1. The molecule has 0 spiro atoms. The molecule has 0 radical (unpaired) electrons. The van der Waals surface area contributed by atoms with Gasteiger partial charge in [0.1, 0.15) is 5.82 Å². The van der Waals surface area contributed by atoms with E-state index in [9.17, 15) is 9.18 Å². The predicted molar refractivity (Wildman–Crippen MR) is 78.8 cm³/mol. The lowest BCUT2D eigenvalue weighted by Crippen LogP contribution is -2.32. The first-order valence-corrected chi connectivity index (χ1v) is 6.63. The maximum Gasteiger partial charge on any atom is 0.244 e. The van der Waals surface area contributed by atoms with Crippen LogP contribution in [0, 0.1) is 5.82 Å². The Kier molecular flexibility index (Phi) is 5.15. The van der Waals surface area contributed by atoms with Gasteiger partial charge in [-0.3, -0.25) is 14.8 Å². The van der Waals surface area contributed by atoms with Gasteiger partial charge in [0.25, 0.3) is 0 Å². The van der Waals surface area contributed by atoms with Crippen molar-refractivity contribution in [3.05, 3.63) is 66.0 Å². The smallest absolute Gasteiger partial charge is 0.244 e. The highest BCUT2D eigenvalue weighted by Crippen LogP contribution is 2.09. The van der Waals surface area contributed by atoms with E-state index in [1.54, 1.807) is 42.9 Å². The highest BCUT2D eigenvalue weighted by atomic mass is 19.1. The molecule has 1 unspecified atom stereocenters. The molecule has 1 aromatic heterocycles. The summed E-state index contributed by atoms with van der Waals surface area (Å²) >= 11 is 0. The molecular weight excluding hydrogens is 269 g/mol. The summed E-state index contributed by atoms with van der Waals surface area (Å²) in [6.45, 7) is 1.83. The third kappa shape index (κ3) is 4.80. The molecule has 4 nitrogen and oxygen atoms in total. The number of aromatic nitrogens is 2. The van der Waals surface area contributed by atoms with Crippen LogP contribution in [0.1, 0.15) is 18.2 Å². The average Bonchev–Trinajstić information content (AvgIpc) is 2.48.